The molecule has 0 bridgehead atoms. The van der Waals surface area contributed by atoms with Gasteiger partial charge in [0.25, 0.3) is 0 Å². The molecule has 1 aromatic rings. The van der Waals surface area contributed by atoms with Crippen molar-refractivity contribution in [3.8, 4) is 0 Å². The third-order valence-electron chi connectivity index (χ3n) is 5.18. The van der Waals surface area contributed by atoms with Gasteiger partial charge in [-0.3, -0.25) is 4.79 Å². The third-order valence-corrected chi connectivity index (χ3v) is 7.33. The summed E-state index contributed by atoms with van der Waals surface area (Å²) in [4.78, 5) is 17.0. The van der Waals surface area contributed by atoms with E-state index in [-0.39, 0.29) is 16.7 Å². The molecule has 2 fully saturated rings. The number of nitrogens with zero attached hydrogens (tertiary/aromatic N) is 4. The van der Waals surface area contributed by atoms with Gasteiger partial charge in [0.15, 0.2) is 5.76 Å². The van der Waals surface area contributed by atoms with Crippen molar-refractivity contribution in [3.05, 3.63) is 11.5 Å². The van der Waals surface area contributed by atoms with Crippen LogP contribution in [-0.2, 0) is 14.8 Å². The molecule has 9 heteroatoms. The minimum Gasteiger partial charge on any atom is -0.360 e. The van der Waals surface area contributed by atoms with Crippen molar-refractivity contribution < 1.29 is 17.7 Å². The predicted octanol–water partition coefficient (Wildman–Crippen LogP) is 0.466. The zero-order valence-corrected chi connectivity index (χ0v) is 15.9. The Morgan fingerprint density at radius 3 is 2.20 bits per heavy atom. The summed E-state index contributed by atoms with van der Waals surface area (Å²) in [5.74, 6) is 0.398. The SMILES string of the molecule is Cc1noc(C)c1S(=O)(=O)N1CCC(C(=O)N2CCN(C)CC2)CC1. The van der Waals surface area contributed by atoms with E-state index in [1.54, 1.807) is 13.8 Å². The van der Waals surface area contributed by atoms with Crippen molar-refractivity contribution in [3.63, 3.8) is 0 Å². The molecule has 3 heterocycles. The molecule has 3 rings (SSSR count). The van der Waals surface area contributed by atoms with Gasteiger partial charge < -0.3 is 14.3 Å². The van der Waals surface area contributed by atoms with E-state index in [2.05, 4.69) is 17.1 Å². The van der Waals surface area contributed by atoms with Crippen LogP contribution in [0.2, 0.25) is 0 Å². The Hall–Kier alpha value is -1.45. The van der Waals surface area contributed by atoms with Crippen LogP contribution in [0, 0.1) is 19.8 Å². The maximum atomic E-state index is 12.8. The number of sulfonamides is 1. The smallest absolute Gasteiger partial charge is 0.248 e. The summed E-state index contributed by atoms with van der Waals surface area (Å²) in [5.41, 5.74) is 0.383. The van der Waals surface area contributed by atoms with Crippen LogP contribution in [0.1, 0.15) is 24.3 Å². The van der Waals surface area contributed by atoms with Gasteiger partial charge in [0, 0.05) is 45.2 Å². The van der Waals surface area contributed by atoms with Crippen LogP contribution >= 0.6 is 0 Å². The second-order valence-corrected chi connectivity index (χ2v) is 8.83. The monoisotopic (exact) mass is 370 g/mol. The molecule has 0 aromatic carbocycles. The van der Waals surface area contributed by atoms with Crippen molar-refractivity contribution in [1.29, 1.82) is 0 Å². The number of hydrogen-bond acceptors (Lipinski definition) is 6. The standard InChI is InChI=1S/C16H26N4O4S/c1-12-15(13(2)24-17-12)25(22,23)20-6-4-14(5-7-20)16(21)19-10-8-18(3)9-11-19/h14H,4-11H2,1-3H3. The Balaban J connectivity index is 1.63. The van der Waals surface area contributed by atoms with Crippen LogP contribution in [0.15, 0.2) is 9.42 Å². The summed E-state index contributed by atoms with van der Waals surface area (Å²) >= 11 is 0. The van der Waals surface area contributed by atoms with Crippen molar-refractivity contribution in [2.75, 3.05) is 46.3 Å². The summed E-state index contributed by atoms with van der Waals surface area (Å²) in [7, 11) is -1.56. The van der Waals surface area contributed by atoms with Crippen molar-refractivity contribution >= 4 is 15.9 Å². The quantitative estimate of drug-likeness (QED) is 0.769. The average Bonchev–Trinajstić information content (AvgIpc) is 2.94. The molecule has 0 spiro atoms. The van der Waals surface area contributed by atoms with E-state index >= 15 is 0 Å². The Kier molecular flexibility index (Phi) is 5.17. The fourth-order valence-corrected chi connectivity index (χ4v) is 5.36. The zero-order chi connectivity index (χ0) is 18.2. The largest absolute Gasteiger partial charge is 0.360 e. The number of aromatic nitrogens is 1. The fourth-order valence-electron chi connectivity index (χ4n) is 3.60. The molecule has 0 unspecified atom stereocenters. The van der Waals surface area contributed by atoms with E-state index in [0.29, 0.717) is 37.4 Å². The molecule has 2 aliphatic heterocycles. The maximum Gasteiger partial charge on any atom is 0.248 e. The summed E-state index contributed by atoms with van der Waals surface area (Å²) < 4.78 is 32.1. The zero-order valence-electron chi connectivity index (χ0n) is 15.1. The summed E-state index contributed by atoms with van der Waals surface area (Å²) in [6, 6.07) is 0. The van der Waals surface area contributed by atoms with Gasteiger partial charge in [0.2, 0.25) is 15.9 Å². The molecule has 0 N–H and O–H groups in total. The van der Waals surface area contributed by atoms with E-state index in [4.69, 9.17) is 4.52 Å². The molecular formula is C16H26N4O4S. The van der Waals surface area contributed by atoms with Crippen LogP contribution in [0.5, 0.6) is 0 Å². The molecule has 2 saturated heterocycles. The van der Waals surface area contributed by atoms with Crippen LogP contribution in [0.25, 0.3) is 0 Å². The molecule has 0 aliphatic carbocycles. The molecular weight excluding hydrogens is 344 g/mol. The van der Waals surface area contributed by atoms with Gasteiger partial charge in [-0.1, -0.05) is 5.16 Å². The van der Waals surface area contributed by atoms with Gasteiger partial charge in [0.05, 0.1) is 0 Å². The van der Waals surface area contributed by atoms with E-state index < -0.39 is 10.0 Å². The minimum atomic E-state index is -3.62. The van der Waals surface area contributed by atoms with Gasteiger partial charge in [-0.15, -0.1) is 0 Å². The summed E-state index contributed by atoms with van der Waals surface area (Å²) in [6.45, 7) is 7.26. The lowest BCUT2D eigenvalue weighted by atomic mass is 9.96. The normalized spacial score (nSPS) is 21.6. The first-order chi connectivity index (χ1) is 11.8. The molecule has 8 nitrogen and oxygen atoms in total. The van der Waals surface area contributed by atoms with Gasteiger partial charge in [-0.25, -0.2) is 8.42 Å². The predicted molar refractivity (Wildman–Crippen MR) is 91.5 cm³/mol. The molecule has 2 aliphatic rings. The summed E-state index contributed by atoms with van der Waals surface area (Å²) in [5, 5.41) is 3.74. The van der Waals surface area contributed by atoms with E-state index in [0.717, 1.165) is 26.2 Å². The number of carbonyl (C=O) groups is 1. The number of carbonyl (C=O) groups excluding carboxylic acids is 1. The Morgan fingerprint density at radius 1 is 1.08 bits per heavy atom. The number of likely N-dealkylation sites (N-methyl/N-ethyl adjacent to an activating group) is 1. The number of hydrogen-bond donors (Lipinski definition) is 0. The number of rotatable bonds is 3. The lowest BCUT2D eigenvalue weighted by Gasteiger charge is -2.37. The lowest BCUT2D eigenvalue weighted by molar-refractivity contribution is -0.138. The first-order valence-electron chi connectivity index (χ1n) is 8.71. The van der Waals surface area contributed by atoms with Crippen LogP contribution in [0.4, 0.5) is 0 Å². The first-order valence-corrected chi connectivity index (χ1v) is 10.1. The van der Waals surface area contributed by atoms with Crippen molar-refractivity contribution in [1.82, 2.24) is 19.3 Å². The second kappa shape index (κ2) is 7.05. The van der Waals surface area contributed by atoms with Gasteiger partial charge in [-0.2, -0.15) is 4.31 Å². The molecule has 1 aromatic heterocycles. The lowest BCUT2D eigenvalue weighted by Crippen LogP contribution is -2.51. The Bertz CT molecular complexity index is 710. The number of piperidine rings is 1. The Morgan fingerprint density at radius 2 is 1.68 bits per heavy atom. The number of amides is 1. The highest BCUT2D eigenvalue weighted by molar-refractivity contribution is 7.89. The molecule has 140 valence electrons. The number of piperazine rings is 1. The topological polar surface area (TPSA) is 87.0 Å². The molecule has 25 heavy (non-hydrogen) atoms. The van der Waals surface area contributed by atoms with Crippen molar-refractivity contribution in [2.24, 2.45) is 5.92 Å². The highest BCUT2D eigenvalue weighted by Gasteiger charge is 2.36. The molecule has 1 amide bonds. The van der Waals surface area contributed by atoms with Crippen LogP contribution in [-0.4, -0.2) is 79.9 Å². The average molecular weight is 370 g/mol. The van der Waals surface area contributed by atoms with Gasteiger partial charge >= 0.3 is 0 Å². The molecule has 0 radical (unpaired) electrons. The number of aryl methyl sites for hydroxylation is 2. The highest BCUT2D eigenvalue weighted by Crippen LogP contribution is 2.28. The van der Waals surface area contributed by atoms with Gasteiger partial charge in [-0.05, 0) is 33.7 Å². The van der Waals surface area contributed by atoms with Crippen molar-refractivity contribution in [2.45, 2.75) is 31.6 Å². The fraction of sp³-hybridized carbons (Fsp3) is 0.750. The first kappa shape index (κ1) is 18.3. The minimum absolute atomic E-state index is 0.0838. The molecule has 0 atom stereocenters. The van der Waals surface area contributed by atoms with E-state index in [1.807, 2.05) is 4.90 Å². The maximum absolute atomic E-state index is 12.8. The van der Waals surface area contributed by atoms with Crippen LogP contribution < -0.4 is 0 Å². The second-order valence-electron chi connectivity index (χ2n) is 6.96. The van der Waals surface area contributed by atoms with E-state index in [9.17, 15) is 13.2 Å². The van der Waals surface area contributed by atoms with Crippen LogP contribution in [0.3, 0.4) is 0 Å². The van der Waals surface area contributed by atoms with E-state index in [1.165, 1.54) is 4.31 Å². The highest BCUT2D eigenvalue weighted by atomic mass is 32.2. The summed E-state index contributed by atoms with van der Waals surface area (Å²) in [6.07, 6.45) is 1.13. The Labute approximate surface area is 148 Å². The molecule has 0 saturated carbocycles. The van der Waals surface area contributed by atoms with Gasteiger partial charge in [0.1, 0.15) is 10.6 Å². The third kappa shape index (κ3) is 3.58.